The third-order valence-corrected chi connectivity index (χ3v) is 9.49. The summed E-state index contributed by atoms with van der Waals surface area (Å²) in [5, 5.41) is 10.6. The van der Waals surface area contributed by atoms with Gasteiger partial charge in [0.05, 0.1) is 11.2 Å². The van der Waals surface area contributed by atoms with Crippen molar-refractivity contribution in [2.75, 3.05) is 0 Å². The Morgan fingerprint density at radius 2 is 1.72 bits per heavy atom. The lowest BCUT2D eigenvalue weighted by molar-refractivity contribution is 0.297. The molecule has 46 heavy (non-hydrogen) atoms. The van der Waals surface area contributed by atoms with Crippen molar-refractivity contribution in [1.82, 2.24) is 9.47 Å². The van der Waals surface area contributed by atoms with Gasteiger partial charge in [0.2, 0.25) is 0 Å². The molecule has 1 aliphatic heterocycles. The topological polar surface area (TPSA) is 67.3 Å². The van der Waals surface area contributed by atoms with E-state index in [1.807, 2.05) is 41.3 Å². The molecule has 0 fully saturated rings. The van der Waals surface area contributed by atoms with Crippen LogP contribution in [0.3, 0.4) is 0 Å². The summed E-state index contributed by atoms with van der Waals surface area (Å²) in [6.45, 7) is 2.79. The molecule has 0 bridgehead atoms. The molecular formula is C41H42N4O. The van der Waals surface area contributed by atoms with Gasteiger partial charge in [-0.1, -0.05) is 104 Å². The molecule has 5 nitrogen and oxygen atoms in total. The fourth-order valence-corrected chi connectivity index (χ4v) is 7.12. The Balaban J connectivity index is 1.32. The third kappa shape index (κ3) is 5.79. The Morgan fingerprint density at radius 3 is 2.54 bits per heavy atom. The molecule has 0 saturated carbocycles. The van der Waals surface area contributed by atoms with Crippen LogP contribution in [0.4, 0.5) is 0 Å². The van der Waals surface area contributed by atoms with Gasteiger partial charge in [0.25, 0.3) is 0 Å². The first-order valence-corrected chi connectivity index (χ1v) is 16.5. The number of aromatic nitrogens is 1. The highest BCUT2D eigenvalue weighted by molar-refractivity contribution is 5.98. The predicted octanol–water partition coefficient (Wildman–Crippen LogP) is 9.22. The molecule has 1 aromatic heterocycles. The standard InChI is InChI=1S/C41H42N4O/c1-29-27-33(44(40(42)31-17-6-2-7-18-31)41(43)32-19-8-3-9-20-32)25-26-36(29)45-37-23-13-12-22-34(37)35-21-10-4-5-15-30-16-11-14-24-39(30)46-28-38(35)45/h2-3,5-8,11-19,22-26,29,41-42H,4,9-10,20-21,27-28,43H2,1H3/b15-5-,42-40?/t29-,41?/m0/s1. The predicted molar refractivity (Wildman–Crippen MR) is 190 cm³/mol. The van der Waals surface area contributed by atoms with E-state index in [0.29, 0.717) is 12.4 Å². The second-order valence-electron chi connectivity index (χ2n) is 12.5. The van der Waals surface area contributed by atoms with Crippen LogP contribution in [0.1, 0.15) is 61.4 Å². The lowest BCUT2D eigenvalue weighted by Crippen LogP contribution is -2.47. The van der Waals surface area contributed by atoms with E-state index in [4.69, 9.17) is 10.5 Å². The van der Waals surface area contributed by atoms with Crippen molar-refractivity contribution in [3.63, 3.8) is 0 Å². The van der Waals surface area contributed by atoms with E-state index in [-0.39, 0.29) is 5.92 Å². The minimum absolute atomic E-state index is 0.186. The molecule has 0 saturated heterocycles. The van der Waals surface area contributed by atoms with Gasteiger partial charge >= 0.3 is 0 Å². The number of benzene rings is 3. The van der Waals surface area contributed by atoms with Gasteiger partial charge < -0.3 is 19.9 Å². The first-order chi connectivity index (χ1) is 22.6. The average molecular weight is 607 g/mol. The molecule has 2 atom stereocenters. The molecule has 3 aliphatic rings. The van der Waals surface area contributed by atoms with Crippen molar-refractivity contribution in [1.29, 1.82) is 5.41 Å². The lowest BCUT2D eigenvalue weighted by atomic mass is 9.93. The number of allylic oxidation sites excluding steroid dienone is 8. The summed E-state index contributed by atoms with van der Waals surface area (Å²) in [5.74, 6) is 1.53. The molecule has 2 aliphatic carbocycles. The monoisotopic (exact) mass is 606 g/mol. The number of ether oxygens (including phenoxy) is 1. The van der Waals surface area contributed by atoms with Crippen molar-refractivity contribution in [2.45, 2.75) is 58.2 Å². The van der Waals surface area contributed by atoms with E-state index in [1.165, 1.54) is 27.9 Å². The summed E-state index contributed by atoms with van der Waals surface area (Å²) in [6.07, 6.45) is 20.6. The van der Waals surface area contributed by atoms with E-state index < -0.39 is 6.17 Å². The largest absolute Gasteiger partial charge is 0.487 e. The third-order valence-electron chi connectivity index (χ3n) is 9.49. The summed E-state index contributed by atoms with van der Waals surface area (Å²) in [6, 6.07) is 27.1. The Hall–Kier alpha value is -4.87. The molecule has 0 spiro atoms. The highest BCUT2D eigenvalue weighted by Crippen LogP contribution is 2.39. The van der Waals surface area contributed by atoms with Gasteiger partial charge in [-0.2, -0.15) is 0 Å². The van der Waals surface area contributed by atoms with E-state index in [1.54, 1.807) is 0 Å². The lowest BCUT2D eigenvalue weighted by Gasteiger charge is -2.38. The van der Waals surface area contributed by atoms with Crippen LogP contribution in [0, 0.1) is 11.3 Å². The summed E-state index contributed by atoms with van der Waals surface area (Å²) in [5.41, 5.74) is 16.3. The molecule has 0 radical (unpaired) electrons. The minimum Gasteiger partial charge on any atom is -0.487 e. The van der Waals surface area contributed by atoms with Crippen molar-refractivity contribution in [2.24, 2.45) is 11.7 Å². The number of nitrogens with two attached hydrogens (primary N) is 1. The number of nitrogens with zero attached hydrogens (tertiary/aromatic N) is 2. The SMILES string of the molecule is C[C@H]1CC(N(C(=N)c2ccccc2)C(N)C2=CC=CCC2)=CC=C1n1c2c(c3ccccc31)CCC/C=C\c1ccccc1OC2. The second kappa shape index (κ2) is 13.2. The highest BCUT2D eigenvalue weighted by Gasteiger charge is 2.30. The first-order valence-electron chi connectivity index (χ1n) is 16.5. The van der Waals surface area contributed by atoms with Crippen LogP contribution in [0.25, 0.3) is 22.7 Å². The molecule has 4 aromatic rings. The molecule has 3 N–H and O–H groups in total. The van der Waals surface area contributed by atoms with Crippen LogP contribution in [0.5, 0.6) is 5.75 Å². The smallest absolute Gasteiger partial charge is 0.133 e. The Morgan fingerprint density at radius 1 is 0.913 bits per heavy atom. The maximum atomic E-state index is 9.33. The fourth-order valence-electron chi connectivity index (χ4n) is 7.12. The zero-order valence-electron chi connectivity index (χ0n) is 26.5. The van der Waals surface area contributed by atoms with E-state index in [2.05, 4.69) is 96.5 Å². The molecule has 0 amide bonds. The van der Waals surface area contributed by atoms with Crippen molar-refractivity contribution in [3.05, 3.63) is 149 Å². The normalized spacial score (nSPS) is 19.3. The summed E-state index contributed by atoms with van der Waals surface area (Å²) < 4.78 is 9.06. The van der Waals surface area contributed by atoms with Crippen LogP contribution in [0.2, 0.25) is 0 Å². The molecule has 2 heterocycles. The van der Waals surface area contributed by atoms with Crippen molar-refractivity contribution < 1.29 is 4.74 Å². The number of fused-ring (bicyclic) bond motifs is 4. The van der Waals surface area contributed by atoms with E-state index in [9.17, 15) is 5.41 Å². The molecule has 232 valence electrons. The minimum atomic E-state index is -0.405. The number of hydrogen-bond donors (Lipinski definition) is 2. The maximum absolute atomic E-state index is 9.33. The molecule has 7 rings (SSSR count). The first kappa shape index (κ1) is 29.8. The molecule has 1 unspecified atom stereocenters. The molecule has 5 heteroatoms. The van der Waals surface area contributed by atoms with Crippen LogP contribution >= 0.6 is 0 Å². The van der Waals surface area contributed by atoms with Crippen LogP contribution in [-0.2, 0) is 13.0 Å². The fraction of sp³-hybridized carbons (Fsp3) is 0.244. The summed E-state index contributed by atoms with van der Waals surface area (Å²) >= 11 is 0. The van der Waals surface area contributed by atoms with Gasteiger partial charge in [0, 0.05) is 33.8 Å². The molecule has 3 aromatic carbocycles. The quantitative estimate of drug-likeness (QED) is 0.135. The van der Waals surface area contributed by atoms with Gasteiger partial charge in [-0.15, -0.1) is 0 Å². The van der Waals surface area contributed by atoms with Crippen LogP contribution < -0.4 is 10.5 Å². The van der Waals surface area contributed by atoms with E-state index in [0.717, 1.165) is 66.7 Å². The number of amidine groups is 1. The van der Waals surface area contributed by atoms with Crippen molar-refractivity contribution >= 4 is 28.5 Å². The van der Waals surface area contributed by atoms with Crippen LogP contribution in [0.15, 0.2) is 127 Å². The zero-order valence-corrected chi connectivity index (χ0v) is 26.5. The van der Waals surface area contributed by atoms with Gasteiger partial charge in [-0.3, -0.25) is 5.41 Å². The van der Waals surface area contributed by atoms with E-state index >= 15 is 0 Å². The number of aryl methyl sites for hydroxylation is 1. The van der Waals surface area contributed by atoms with Crippen molar-refractivity contribution in [3.8, 4) is 5.75 Å². The Kier molecular flexibility index (Phi) is 8.58. The zero-order chi connectivity index (χ0) is 31.5. The summed E-state index contributed by atoms with van der Waals surface area (Å²) in [7, 11) is 0. The second-order valence-corrected chi connectivity index (χ2v) is 12.5. The average Bonchev–Trinajstić information content (AvgIpc) is 3.39. The van der Waals surface area contributed by atoms with Gasteiger partial charge in [0.15, 0.2) is 0 Å². The summed E-state index contributed by atoms with van der Waals surface area (Å²) in [4.78, 5) is 2.05. The molecular weight excluding hydrogens is 564 g/mol. The number of rotatable bonds is 5. The number of para-hydroxylation sites is 2. The van der Waals surface area contributed by atoms with Gasteiger partial charge in [-0.25, -0.2) is 0 Å². The van der Waals surface area contributed by atoms with Gasteiger partial charge in [0.1, 0.15) is 24.4 Å². The van der Waals surface area contributed by atoms with Gasteiger partial charge in [-0.05, 0) is 73.9 Å². The number of nitrogens with one attached hydrogen (secondary N) is 1. The van der Waals surface area contributed by atoms with Crippen LogP contribution in [-0.4, -0.2) is 21.5 Å². The highest BCUT2D eigenvalue weighted by atomic mass is 16.5. The number of hydrogen-bond acceptors (Lipinski definition) is 3. The maximum Gasteiger partial charge on any atom is 0.133 e. The Labute approximate surface area is 272 Å². The Bertz CT molecular complexity index is 1910.